The maximum Gasteiger partial charge on any atom is 0.167 e. The molecule has 0 spiro atoms. The van der Waals surface area contributed by atoms with E-state index < -0.39 is 0 Å². The SMILES string of the molecule is c1ccc(-c2cccc(-c3nc(-c4ccccc4)nc(-c4cccc5c4oc4cccc(-c6cc(-c7ccccc7)c7oc8ccccc8c7c6)c45)n3)c2)cc1. The predicted octanol–water partition coefficient (Wildman–Crippen LogP) is 13.7. The Morgan fingerprint density at radius 1 is 0.286 bits per heavy atom. The molecular weight excluding hydrogens is 687 g/mol. The number of hydrogen-bond acceptors (Lipinski definition) is 5. The van der Waals surface area contributed by atoms with Crippen molar-refractivity contribution in [3.05, 3.63) is 188 Å². The molecule has 0 aliphatic carbocycles. The molecule has 56 heavy (non-hydrogen) atoms. The van der Waals surface area contributed by atoms with E-state index in [1.807, 2.05) is 66.7 Å². The minimum absolute atomic E-state index is 0.544. The Morgan fingerprint density at radius 3 is 1.62 bits per heavy atom. The molecule has 0 saturated carbocycles. The summed E-state index contributed by atoms with van der Waals surface area (Å²) in [7, 11) is 0. The van der Waals surface area contributed by atoms with E-state index in [4.69, 9.17) is 23.8 Å². The third-order valence-electron chi connectivity index (χ3n) is 10.5. The topological polar surface area (TPSA) is 65.0 Å². The molecule has 0 unspecified atom stereocenters. The maximum absolute atomic E-state index is 6.81. The summed E-state index contributed by atoms with van der Waals surface area (Å²) in [6, 6.07) is 64.5. The number of fused-ring (bicyclic) bond motifs is 6. The summed E-state index contributed by atoms with van der Waals surface area (Å²) in [5.74, 6) is 1.73. The van der Waals surface area contributed by atoms with Gasteiger partial charge in [0, 0.05) is 38.2 Å². The van der Waals surface area contributed by atoms with Gasteiger partial charge in [0.15, 0.2) is 17.5 Å². The summed E-state index contributed by atoms with van der Waals surface area (Å²) < 4.78 is 13.3. The van der Waals surface area contributed by atoms with Gasteiger partial charge in [0.1, 0.15) is 22.3 Å². The minimum Gasteiger partial charge on any atom is -0.455 e. The first kappa shape index (κ1) is 31.9. The molecular formula is C51H31N3O2. The van der Waals surface area contributed by atoms with Crippen LogP contribution in [-0.2, 0) is 0 Å². The Bertz CT molecular complexity index is 3240. The average molecular weight is 718 g/mol. The fourth-order valence-corrected chi connectivity index (χ4v) is 7.89. The molecule has 0 aliphatic heterocycles. The van der Waals surface area contributed by atoms with Crippen molar-refractivity contribution in [3.8, 4) is 67.5 Å². The average Bonchev–Trinajstić information content (AvgIpc) is 3.86. The largest absolute Gasteiger partial charge is 0.455 e. The molecule has 5 nitrogen and oxygen atoms in total. The van der Waals surface area contributed by atoms with Gasteiger partial charge in [-0.05, 0) is 64.2 Å². The lowest BCUT2D eigenvalue weighted by Gasteiger charge is -2.10. The highest BCUT2D eigenvalue weighted by Crippen LogP contribution is 2.44. The summed E-state index contributed by atoms with van der Waals surface area (Å²) >= 11 is 0. The van der Waals surface area contributed by atoms with Crippen molar-refractivity contribution in [2.45, 2.75) is 0 Å². The Kier molecular flexibility index (Phi) is 7.42. The van der Waals surface area contributed by atoms with Crippen LogP contribution < -0.4 is 0 Å². The second kappa shape index (κ2) is 13.0. The van der Waals surface area contributed by atoms with E-state index in [1.165, 1.54) is 0 Å². The van der Waals surface area contributed by atoms with Crippen molar-refractivity contribution in [1.29, 1.82) is 0 Å². The van der Waals surface area contributed by atoms with Crippen LogP contribution in [0.5, 0.6) is 0 Å². The van der Waals surface area contributed by atoms with Crippen molar-refractivity contribution in [2.75, 3.05) is 0 Å². The van der Waals surface area contributed by atoms with E-state index in [0.29, 0.717) is 17.5 Å². The quantitative estimate of drug-likeness (QED) is 0.171. The molecule has 5 heteroatoms. The maximum atomic E-state index is 6.81. The second-order valence-electron chi connectivity index (χ2n) is 13.9. The molecule has 0 radical (unpaired) electrons. The Balaban J connectivity index is 1.12. The van der Waals surface area contributed by atoms with E-state index in [1.54, 1.807) is 0 Å². The summed E-state index contributed by atoms with van der Waals surface area (Å²) in [6.07, 6.45) is 0. The molecule has 3 aromatic heterocycles. The molecule has 0 saturated heterocycles. The van der Waals surface area contributed by atoms with Crippen LogP contribution in [0, 0.1) is 0 Å². The summed E-state index contributed by atoms with van der Waals surface area (Å²) in [6.45, 7) is 0. The van der Waals surface area contributed by atoms with E-state index in [9.17, 15) is 0 Å². The van der Waals surface area contributed by atoms with E-state index in [2.05, 4.69) is 121 Å². The van der Waals surface area contributed by atoms with Gasteiger partial charge in [-0.2, -0.15) is 0 Å². The number of aromatic nitrogens is 3. The number of furan rings is 2. The molecule has 11 rings (SSSR count). The van der Waals surface area contributed by atoms with Gasteiger partial charge < -0.3 is 8.83 Å². The fourth-order valence-electron chi connectivity index (χ4n) is 7.89. The number of nitrogens with zero attached hydrogens (tertiary/aromatic N) is 3. The zero-order valence-corrected chi connectivity index (χ0v) is 30.1. The molecule has 262 valence electrons. The first-order valence-electron chi connectivity index (χ1n) is 18.7. The van der Waals surface area contributed by atoms with Crippen LogP contribution in [-0.4, -0.2) is 15.0 Å². The lowest BCUT2D eigenvalue weighted by Crippen LogP contribution is -2.00. The summed E-state index contributed by atoms with van der Waals surface area (Å²) in [5.41, 5.74) is 12.4. The van der Waals surface area contributed by atoms with Crippen LogP contribution in [0.15, 0.2) is 197 Å². The van der Waals surface area contributed by atoms with Gasteiger partial charge in [-0.15, -0.1) is 0 Å². The van der Waals surface area contributed by atoms with Crippen molar-refractivity contribution >= 4 is 43.9 Å². The second-order valence-corrected chi connectivity index (χ2v) is 13.9. The Labute approximate surface area is 322 Å². The van der Waals surface area contributed by atoms with Crippen LogP contribution in [0.1, 0.15) is 0 Å². The third kappa shape index (κ3) is 5.37. The van der Waals surface area contributed by atoms with E-state index in [0.717, 1.165) is 93.9 Å². The van der Waals surface area contributed by atoms with Crippen molar-refractivity contribution in [1.82, 2.24) is 15.0 Å². The molecule has 0 fully saturated rings. The monoisotopic (exact) mass is 717 g/mol. The van der Waals surface area contributed by atoms with Gasteiger partial charge in [0.2, 0.25) is 0 Å². The summed E-state index contributed by atoms with van der Waals surface area (Å²) in [4.78, 5) is 15.3. The lowest BCUT2D eigenvalue weighted by molar-refractivity contribution is 0.669. The van der Waals surface area contributed by atoms with Crippen LogP contribution >= 0.6 is 0 Å². The molecule has 8 aromatic carbocycles. The van der Waals surface area contributed by atoms with Gasteiger partial charge >= 0.3 is 0 Å². The van der Waals surface area contributed by atoms with Crippen molar-refractivity contribution < 1.29 is 8.83 Å². The zero-order valence-electron chi connectivity index (χ0n) is 30.1. The molecule has 0 bridgehead atoms. The number of rotatable bonds is 6. The van der Waals surface area contributed by atoms with Gasteiger partial charge in [-0.1, -0.05) is 152 Å². The van der Waals surface area contributed by atoms with Gasteiger partial charge in [0.25, 0.3) is 0 Å². The molecule has 0 amide bonds. The molecule has 0 atom stereocenters. The van der Waals surface area contributed by atoms with E-state index in [-0.39, 0.29) is 0 Å². The smallest absolute Gasteiger partial charge is 0.167 e. The van der Waals surface area contributed by atoms with Crippen molar-refractivity contribution in [3.63, 3.8) is 0 Å². The van der Waals surface area contributed by atoms with Gasteiger partial charge in [0.05, 0.1) is 5.56 Å². The fraction of sp³-hybridized carbons (Fsp3) is 0. The third-order valence-corrected chi connectivity index (χ3v) is 10.5. The van der Waals surface area contributed by atoms with Gasteiger partial charge in [-0.3, -0.25) is 0 Å². The number of para-hydroxylation sites is 2. The first-order chi connectivity index (χ1) is 27.7. The minimum atomic E-state index is 0.544. The zero-order chi connectivity index (χ0) is 37.0. The van der Waals surface area contributed by atoms with Crippen molar-refractivity contribution in [2.24, 2.45) is 0 Å². The molecule has 0 aliphatic rings. The predicted molar refractivity (Wildman–Crippen MR) is 227 cm³/mol. The van der Waals surface area contributed by atoms with Gasteiger partial charge in [-0.25, -0.2) is 15.0 Å². The Hall–Kier alpha value is -7.63. The number of benzene rings is 8. The molecule has 3 heterocycles. The van der Waals surface area contributed by atoms with E-state index >= 15 is 0 Å². The highest BCUT2D eigenvalue weighted by molar-refractivity contribution is 6.17. The lowest BCUT2D eigenvalue weighted by atomic mass is 9.93. The van der Waals surface area contributed by atoms with Crippen LogP contribution in [0.2, 0.25) is 0 Å². The Morgan fingerprint density at radius 2 is 0.821 bits per heavy atom. The highest BCUT2D eigenvalue weighted by Gasteiger charge is 2.21. The number of hydrogen-bond donors (Lipinski definition) is 0. The normalized spacial score (nSPS) is 11.6. The first-order valence-corrected chi connectivity index (χ1v) is 18.7. The standard InChI is InChI=1S/C51H31N3O2/c1-4-15-32(16-5-1)35-21-12-22-36(29-35)50-52-49(34-19-8-3-9-20-34)53-51(54-50)41-26-13-25-40-46-38(24-14-28-45(46)56-47(40)41)37-30-42(33-17-6-2-7-18-33)48-43(31-37)39-23-10-11-27-44(39)55-48/h1-31H. The molecule has 0 N–H and O–H groups in total. The van der Waals surface area contributed by atoms with Crippen LogP contribution in [0.3, 0.4) is 0 Å². The summed E-state index contributed by atoms with van der Waals surface area (Å²) in [5, 5.41) is 4.18. The highest BCUT2D eigenvalue weighted by atomic mass is 16.3. The molecule has 11 aromatic rings. The van der Waals surface area contributed by atoms with Crippen LogP contribution in [0.25, 0.3) is 111 Å². The van der Waals surface area contributed by atoms with Crippen LogP contribution in [0.4, 0.5) is 0 Å².